The molecule has 0 radical (unpaired) electrons. The largest absolute Gasteiger partial charge is 0.375 e. The van der Waals surface area contributed by atoms with Crippen molar-refractivity contribution in [3.05, 3.63) is 48.1 Å². The van der Waals surface area contributed by atoms with E-state index in [0.29, 0.717) is 18.9 Å². The van der Waals surface area contributed by atoms with Crippen molar-refractivity contribution in [2.24, 2.45) is 0 Å². The second-order valence-corrected chi connectivity index (χ2v) is 5.14. The third-order valence-electron chi connectivity index (χ3n) is 3.88. The average molecular weight is 287 g/mol. The van der Waals surface area contributed by atoms with Crippen LogP contribution < -0.4 is 0 Å². The van der Waals surface area contributed by atoms with E-state index in [2.05, 4.69) is 22.3 Å². The molecule has 110 valence electrons. The summed E-state index contributed by atoms with van der Waals surface area (Å²) < 4.78 is 9.81. The van der Waals surface area contributed by atoms with Gasteiger partial charge in [-0.15, -0.1) is 0 Å². The summed E-state index contributed by atoms with van der Waals surface area (Å²) in [5, 5.41) is 3.96. The molecule has 2 aromatic rings. The lowest BCUT2D eigenvalue weighted by atomic mass is 9.88. The first kappa shape index (κ1) is 13.8. The Hall–Kier alpha value is -2.21. The minimum absolute atomic E-state index is 0.00979. The number of rotatable bonds is 4. The second kappa shape index (κ2) is 6.05. The maximum absolute atomic E-state index is 12.1. The summed E-state index contributed by atoms with van der Waals surface area (Å²) in [5.41, 5.74) is 1.18. The quantitative estimate of drug-likeness (QED) is 0.851. The van der Waals surface area contributed by atoms with Crippen molar-refractivity contribution in [2.45, 2.75) is 11.8 Å². The van der Waals surface area contributed by atoms with Crippen molar-refractivity contribution >= 4 is 5.91 Å². The normalized spacial score (nSPS) is 21.7. The summed E-state index contributed by atoms with van der Waals surface area (Å²) in [6, 6.07) is 10.1. The first-order valence-electron chi connectivity index (χ1n) is 6.87. The third kappa shape index (κ3) is 2.80. The number of ether oxygens (including phenoxy) is 1. The van der Waals surface area contributed by atoms with Crippen LogP contribution in [-0.4, -0.2) is 47.8 Å². The third-order valence-corrected chi connectivity index (χ3v) is 3.88. The number of carbonyl (C=O) groups is 1. The van der Waals surface area contributed by atoms with Crippen LogP contribution in [-0.2, 0) is 9.53 Å². The first-order valence-corrected chi connectivity index (χ1v) is 6.87. The summed E-state index contributed by atoms with van der Waals surface area (Å²) >= 11 is 0. The smallest absolute Gasteiger partial charge is 0.248 e. The van der Waals surface area contributed by atoms with Crippen molar-refractivity contribution in [2.75, 3.05) is 26.8 Å². The molecule has 2 atom stereocenters. The van der Waals surface area contributed by atoms with Crippen LogP contribution in [0, 0.1) is 0 Å². The van der Waals surface area contributed by atoms with Gasteiger partial charge in [0, 0.05) is 32.0 Å². The molecule has 0 N–H and O–H groups in total. The molecule has 2 heterocycles. The molecule has 21 heavy (non-hydrogen) atoms. The Kier molecular flexibility index (Phi) is 3.96. The molecular weight excluding hydrogens is 270 g/mol. The van der Waals surface area contributed by atoms with E-state index in [1.165, 1.54) is 19.1 Å². The van der Waals surface area contributed by atoms with E-state index in [1.807, 2.05) is 23.1 Å². The zero-order valence-corrected chi connectivity index (χ0v) is 11.8. The first-order chi connectivity index (χ1) is 10.3. The molecule has 6 nitrogen and oxygen atoms in total. The molecule has 1 aromatic carbocycles. The fourth-order valence-electron chi connectivity index (χ4n) is 2.86. The van der Waals surface area contributed by atoms with Gasteiger partial charge in [-0.3, -0.25) is 4.79 Å². The highest BCUT2D eigenvalue weighted by atomic mass is 16.5. The van der Waals surface area contributed by atoms with Crippen molar-refractivity contribution < 1.29 is 14.1 Å². The van der Waals surface area contributed by atoms with E-state index < -0.39 is 0 Å². The fraction of sp³-hybridized carbons (Fsp3) is 0.400. The number of likely N-dealkylation sites (tertiary alicyclic amines) is 1. The topological polar surface area (TPSA) is 68.5 Å². The molecule has 1 fully saturated rings. The van der Waals surface area contributed by atoms with Gasteiger partial charge in [0.2, 0.25) is 12.3 Å². The monoisotopic (exact) mass is 287 g/mol. The van der Waals surface area contributed by atoms with Gasteiger partial charge in [0.15, 0.2) is 5.82 Å². The van der Waals surface area contributed by atoms with Crippen LogP contribution in [0.5, 0.6) is 0 Å². The molecule has 3 rings (SSSR count). The summed E-state index contributed by atoms with van der Waals surface area (Å²) in [4.78, 5) is 18.0. The summed E-state index contributed by atoms with van der Waals surface area (Å²) in [6.45, 7) is 1.33. The maximum Gasteiger partial charge on any atom is 0.248 e. The van der Waals surface area contributed by atoms with Gasteiger partial charge in [-0.05, 0) is 5.56 Å². The van der Waals surface area contributed by atoms with Crippen LogP contribution in [0.3, 0.4) is 0 Å². The summed E-state index contributed by atoms with van der Waals surface area (Å²) in [6.07, 6.45) is 1.33. The van der Waals surface area contributed by atoms with E-state index in [4.69, 9.17) is 9.26 Å². The molecule has 0 bridgehead atoms. The van der Waals surface area contributed by atoms with Crippen LogP contribution in [0.1, 0.15) is 23.2 Å². The van der Waals surface area contributed by atoms with Crippen molar-refractivity contribution in [3.8, 4) is 0 Å². The van der Waals surface area contributed by atoms with E-state index in [1.54, 1.807) is 0 Å². The molecular formula is C15H17N3O3. The molecule has 2 unspecified atom stereocenters. The molecule has 6 heteroatoms. The van der Waals surface area contributed by atoms with Crippen LogP contribution in [0.15, 0.2) is 41.2 Å². The highest BCUT2D eigenvalue weighted by Crippen LogP contribution is 2.38. The SMILES string of the molecule is COCC(=O)N1CC(c2ccccc2)C(c2ncon2)C1. The van der Waals surface area contributed by atoms with Crippen LogP contribution in [0.25, 0.3) is 0 Å². The van der Waals surface area contributed by atoms with Gasteiger partial charge in [-0.25, -0.2) is 0 Å². The molecule has 1 aliphatic rings. The number of amides is 1. The number of aromatic nitrogens is 2. The van der Waals surface area contributed by atoms with Crippen molar-refractivity contribution in [1.82, 2.24) is 15.0 Å². The number of nitrogens with zero attached hydrogens (tertiary/aromatic N) is 3. The lowest BCUT2D eigenvalue weighted by Gasteiger charge is -2.16. The number of benzene rings is 1. The highest BCUT2D eigenvalue weighted by molar-refractivity contribution is 5.78. The number of hydrogen-bond acceptors (Lipinski definition) is 5. The Morgan fingerprint density at radius 2 is 2.10 bits per heavy atom. The Bertz CT molecular complexity index is 585. The van der Waals surface area contributed by atoms with E-state index in [0.717, 1.165) is 0 Å². The van der Waals surface area contributed by atoms with Gasteiger partial charge in [-0.2, -0.15) is 4.98 Å². The zero-order valence-electron chi connectivity index (χ0n) is 11.8. The lowest BCUT2D eigenvalue weighted by molar-refractivity contribution is -0.134. The van der Waals surface area contributed by atoms with Gasteiger partial charge < -0.3 is 14.2 Å². The number of hydrogen-bond donors (Lipinski definition) is 0. The molecule has 0 saturated carbocycles. The van der Waals surface area contributed by atoms with Crippen molar-refractivity contribution in [3.63, 3.8) is 0 Å². The van der Waals surface area contributed by atoms with E-state index in [-0.39, 0.29) is 24.3 Å². The molecule has 1 aliphatic heterocycles. The second-order valence-electron chi connectivity index (χ2n) is 5.14. The Balaban J connectivity index is 1.86. The molecule has 0 aliphatic carbocycles. The Morgan fingerprint density at radius 3 is 2.76 bits per heavy atom. The minimum atomic E-state index is -0.00979. The van der Waals surface area contributed by atoms with E-state index >= 15 is 0 Å². The highest BCUT2D eigenvalue weighted by Gasteiger charge is 2.39. The van der Waals surface area contributed by atoms with Crippen LogP contribution in [0.4, 0.5) is 0 Å². The molecule has 1 amide bonds. The van der Waals surface area contributed by atoms with Gasteiger partial charge in [0.05, 0.1) is 0 Å². The van der Waals surface area contributed by atoms with Gasteiger partial charge in [0.25, 0.3) is 0 Å². The Labute approximate surface area is 122 Å². The predicted molar refractivity (Wildman–Crippen MR) is 74.7 cm³/mol. The predicted octanol–water partition coefficient (Wildman–Crippen LogP) is 1.43. The van der Waals surface area contributed by atoms with Gasteiger partial charge >= 0.3 is 0 Å². The van der Waals surface area contributed by atoms with Gasteiger partial charge in [-0.1, -0.05) is 35.5 Å². The van der Waals surface area contributed by atoms with Crippen LogP contribution >= 0.6 is 0 Å². The average Bonchev–Trinajstić information content (AvgIpc) is 3.17. The summed E-state index contributed by atoms with van der Waals surface area (Å²) in [5.74, 6) is 0.859. The molecule has 1 aromatic heterocycles. The maximum atomic E-state index is 12.1. The van der Waals surface area contributed by atoms with Crippen molar-refractivity contribution in [1.29, 1.82) is 0 Å². The standard InChI is InChI=1S/C15H17N3O3/c1-20-9-14(19)18-7-12(11-5-3-2-4-6-11)13(8-18)15-16-10-21-17-15/h2-6,10,12-13H,7-9H2,1H3. The number of methoxy groups -OCH3 is 1. The fourth-order valence-corrected chi connectivity index (χ4v) is 2.86. The van der Waals surface area contributed by atoms with E-state index in [9.17, 15) is 4.79 Å². The lowest BCUT2D eigenvalue weighted by Crippen LogP contribution is -2.31. The van der Waals surface area contributed by atoms with Crippen LogP contribution in [0.2, 0.25) is 0 Å². The molecule has 1 saturated heterocycles. The zero-order chi connectivity index (χ0) is 14.7. The van der Waals surface area contributed by atoms with Gasteiger partial charge in [0.1, 0.15) is 6.61 Å². The number of carbonyl (C=O) groups excluding carboxylic acids is 1. The molecule has 0 spiro atoms. The Morgan fingerprint density at radius 1 is 1.33 bits per heavy atom. The minimum Gasteiger partial charge on any atom is -0.375 e. The summed E-state index contributed by atoms with van der Waals surface area (Å²) in [7, 11) is 1.53.